The van der Waals surface area contributed by atoms with Gasteiger partial charge in [-0.05, 0) is 5.56 Å². The lowest BCUT2D eigenvalue weighted by Crippen LogP contribution is -2.36. The lowest BCUT2D eigenvalue weighted by atomic mass is 9.66. The first-order valence-electron chi connectivity index (χ1n) is 7.90. The van der Waals surface area contributed by atoms with E-state index in [1.165, 1.54) is 0 Å². The summed E-state index contributed by atoms with van der Waals surface area (Å²) in [5.74, 6) is 0.174. The zero-order valence-corrected chi connectivity index (χ0v) is 13.8. The maximum Gasteiger partial charge on any atom is 0.206 e. The van der Waals surface area contributed by atoms with Crippen LogP contribution in [0.15, 0.2) is 77.7 Å². The zero-order valence-electron chi connectivity index (χ0n) is 13.8. The average Bonchev–Trinajstić information content (AvgIpc) is 2.69. The molecule has 1 aliphatic heterocycles. The van der Waals surface area contributed by atoms with Gasteiger partial charge in [0, 0.05) is 5.56 Å². The number of hydrogen-bond donors (Lipinski definition) is 1. The van der Waals surface area contributed by atoms with E-state index in [-0.39, 0.29) is 29.2 Å². The Balaban J connectivity index is 2.42. The number of benzene rings is 2. The summed E-state index contributed by atoms with van der Waals surface area (Å²) in [4.78, 5) is 0. The number of rotatable bonds is 3. The fraction of sp³-hybridized carbons (Fsp3) is 0.0952. The van der Waals surface area contributed by atoms with E-state index in [0.717, 1.165) is 0 Å². The Bertz CT molecular complexity index is 1020. The highest BCUT2D eigenvalue weighted by Gasteiger charge is 2.48. The summed E-state index contributed by atoms with van der Waals surface area (Å²) < 4.78 is 5.69. The van der Waals surface area contributed by atoms with Crippen molar-refractivity contribution in [1.82, 2.24) is 0 Å². The molecule has 2 aromatic carbocycles. The van der Waals surface area contributed by atoms with Gasteiger partial charge in [0.2, 0.25) is 5.88 Å². The van der Waals surface area contributed by atoms with Gasteiger partial charge in [-0.3, -0.25) is 0 Å². The predicted octanol–water partition coefficient (Wildman–Crippen LogP) is 3.50. The summed E-state index contributed by atoms with van der Waals surface area (Å²) in [6.07, 6.45) is -0.108. The van der Waals surface area contributed by atoms with Crippen molar-refractivity contribution in [3.05, 3.63) is 88.8 Å². The van der Waals surface area contributed by atoms with Crippen LogP contribution in [0.4, 0.5) is 0 Å². The molecular weight excluding hydrogens is 324 g/mol. The molecule has 0 aromatic heterocycles. The number of allylic oxidation sites excluding steroid dienone is 2. The Hall–Kier alpha value is -4.01. The lowest BCUT2D eigenvalue weighted by Gasteiger charge is -2.36. The molecule has 26 heavy (non-hydrogen) atoms. The van der Waals surface area contributed by atoms with Crippen LogP contribution < -0.4 is 5.73 Å². The second-order valence-corrected chi connectivity index (χ2v) is 5.74. The number of nitrogens with zero attached hydrogens (tertiary/aromatic N) is 3. The van der Waals surface area contributed by atoms with E-state index in [2.05, 4.69) is 18.2 Å². The summed E-state index contributed by atoms with van der Waals surface area (Å²) in [6, 6.07) is 24.4. The third-order valence-electron chi connectivity index (χ3n) is 4.41. The predicted molar refractivity (Wildman–Crippen MR) is 95.2 cm³/mol. The summed E-state index contributed by atoms with van der Waals surface area (Å²) >= 11 is 0. The van der Waals surface area contributed by atoms with Crippen molar-refractivity contribution in [2.24, 2.45) is 5.73 Å². The minimum atomic E-state index is -1.27. The Morgan fingerprint density at radius 1 is 0.846 bits per heavy atom. The normalized spacial score (nSPS) is 19.1. The first kappa shape index (κ1) is 16.8. The first-order chi connectivity index (χ1) is 12.7. The molecule has 0 saturated heterocycles. The Labute approximate surface area is 151 Å². The zero-order chi connectivity index (χ0) is 18.6. The molecule has 124 valence electrons. The molecule has 0 fully saturated rings. The van der Waals surface area contributed by atoms with Crippen molar-refractivity contribution in [2.45, 2.75) is 11.8 Å². The van der Waals surface area contributed by atoms with Crippen molar-refractivity contribution >= 4 is 5.76 Å². The van der Waals surface area contributed by atoms with Crippen LogP contribution in [-0.4, -0.2) is 0 Å². The van der Waals surface area contributed by atoms with E-state index in [0.29, 0.717) is 11.1 Å². The number of hydrogen-bond acceptors (Lipinski definition) is 5. The molecule has 1 aliphatic rings. The summed E-state index contributed by atoms with van der Waals surface area (Å²) in [6.45, 7) is 0. The van der Waals surface area contributed by atoms with E-state index < -0.39 is 5.41 Å². The van der Waals surface area contributed by atoms with Gasteiger partial charge in [0.15, 0.2) is 5.76 Å². The van der Waals surface area contributed by atoms with Crippen molar-refractivity contribution in [2.75, 3.05) is 0 Å². The molecule has 0 amide bonds. The highest BCUT2D eigenvalue weighted by atomic mass is 16.5. The third kappa shape index (κ3) is 2.47. The maximum absolute atomic E-state index is 9.98. The minimum Gasteiger partial charge on any atom is -0.439 e. The number of nitriles is 3. The first-order valence-corrected chi connectivity index (χ1v) is 7.90. The molecule has 2 N–H and O–H groups in total. The van der Waals surface area contributed by atoms with Gasteiger partial charge < -0.3 is 10.5 Å². The third-order valence-corrected chi connectivity index (χ3v) is 4.41. The van der Waals surface area contributed by atoms with Crippen LogP contribution in [0.5, 0.6) is 0 Å². The minimum absolute atomic E-state index is 0.0708. The van der Waals surface area contributed by atoms with Crippen LogP contribution in [0.25, 0.3) is 5.76 Å². The van der Waals surface area contributed by atoms with E-state index in [9.17, 15) is 15.8 Å². The van der Waals surface area contributed by atoms with Crippen LogP contribution in [0.3, 0.4) is 0 Å². The van der Waals surface area contributed by atoms with Crippen LogP contribution in [-0.2, 0) is 10.2 Å². The molecule has 3 rings (SSSR count). The fourth-order valence-corrected chi connectivity index (χ4v) is 3.24. The molecule has 5 heteroatoms. The van der Waals surface area contributed by atoms with E-state index in [4.69, 9.17) is 10.5 Å². The molecule has 1 heterocycles. The molecule has 0 radical (unpaired) electrons. The SMILES string of the molecule is N#CCC1(c2ccccc2)C(C#N)=C(N)OC(c2ccccc2)=C1C#N. The second-order valence-electron chi connectivity index (χ2n) is 5.74. The molecule has 5 nitrogen and oxygen atoms in total. The van der Waals surface area contributed by atoms with Gasteiger partial charge in [0.25, 0.3) is 0 Å². The van der Waals surface area contributed by atoms with Gasteiger partial charge in [-0.15, -0.1) is 0 Å². The highest BCUT2D eigenvalue weighted by Crippen LogP contribution is 2.49. The summed E-state index contributed by atoms with van der Waals surface area (Å²) in [5.41, 5.74) is 6.36. The number of ether oxygens (including phenoxy) is 1. The van der Waals surface area contributed by atoms with Crippen molar-refractivity contribution in [3.63, 3.8) is 0 Å². The quantitative estimate of drug-likeness (QED) is 0.921. The van der Waals surface area contributed by atoms with Gasteiger partial charge in [0.05, 0.1) is 23.5 Å². The molecule has 1 unspecified atom stereocenters. The van der Waals surface area contributed by atoms with Crippen molar-refractivity contribution < 1.29 is 4.74 Å². The van der Waals surface area contributed by atoms with Crippen molar-refractivity contribution in [1.29, 1.82) is 15.8 Å². The van der Waals surface area contributed by atoms with E-state index >= 15 is 0 Å². The van der Waals surface area contributed by atoms with Crippen molar-refractivity contribution in [3.8, 4) is 18.2 Å². The Kier molecular flexibility index (Phi) is 4.44. The van der Waals surface area contributed by atoms with E-state index in [1.54, 1.807) is 36.4 Å². The Morgan fingerprint density at radius 3 is 1.96 bits per heavy atom. The molecule has 0 aliphatic carbocycles. The molecule has 0 spiro atoms. The molecular formula is C21H14N4O. The summed E-state index contributed by atoms with van der Waals surface area (Å²) in [5, 5.41) is 29.2. The largest absolute Gasteiger partial charge is 0.439 e. The van der Waals surface area contributed by atoms with Gasteiger partial charge in [-0.25, -0.2) is 0 Å². The smallest absolute Gasteiger partial charge is 0.206 e. The van der Waals surface area contributed by atoms with Crippen LogP contribution in [0.1, 0.15) is 17.5 Å². The van der Waals surface area contributed by atoms with Gasteiger partial charge in [-0.2, -0.15) is 15.8 Å². The summed E-state index contributed by atoms with van der Waals surface area (Å²) in [7, 11) is 0. The average molecular weight is 338 g/mol. The topological polar surface area (TPSA) is 107 Å². The van der Waals surface area contributed by atoms with Gasteiger partial charge >= 0.3 is 0 Å². The fourth-order valence-electron chi connectivity index (χ4n) is 3.24. The molecule has 2 aromatic rings. The standard InChI is InChI=1S/C21H14N4O/c22-12-11-21(16-9-5-2-6-10-16)17(13-23)19(15-7-3-1-4-8-15)26-20(25)18(21)14-24/h1-10H,11,25H2. The second kappa shape index (κ2) is 6.85. The molecule has 0 bridgehead atoms. The van der Waals surface area contributed by atoms with Crippen LogP contribution in [0, 0.1) is 34.0 Å². The molecule has 0 saturated carbocycles. The highest BCUT2D eigenvalue weighted by molar-refractivity contribution is 5.76. The lowest BCUT2D eigenvalue weighted by molar-refractivity contribution is 0.340. The van der Waals surface area contributed by atoms with Crippen LogP contribution >= 0.6 is 0 Å². The molecule has 1 atom stereocenters. The Morgan fingerprint density at radius 2 is 1.42 bits per heavy atom. The maximum atomic E-state index is 9.98. The number of nitrogens with two attached hydrogens (primary N) is 1. The van der Waals surface area contributed by atoms with E-state index in [1.807, 2.05) is 24.3 Å². The monoisotopic (exact) mass is 338 g/mol. The van der Waals surface area contributed by atoms with Gasteiger partial charge in [0.1, 0.15) is 17.7 Å². The van der Waals surface area contributed by atoms with Crippen LogP contribution in [0.2, 0.25) is 0 Å². The van der Waals surface area contributed by atoms with Gasteiger partial charge in [-0.1, -0.05) is 60.7 Å².